The summed E-state index contributed by atoms with van der Waals surface area (Å²) in [7, 11) is 1.60. The number of piperazine rings is 1. The van der Waals surface area contributed by atoms with E-state index in [4.69, 9.17) is 57.0 Å². The Kier molecular flexibility index (Phi) is 24.8. The van der Waals surface area contributed by atoms with E-state index in [2.05, 4.69) is 52.8 Å². The number of carbonyl (C=O) groups is 4. The molecule has 370 valence electrons. The van der Waals surface area contributed by atoms with E-state index < -0.39 is 11.9 Å². The Morgan fingerprint density at radius 1 is 0.716 bits per heavy atom. The summed E-state index contributed by atoms with van der Waals surface area (Å²) in [6, 6.07) is 13.4. The lowest BCUT2D eigenvalue weighted by Crippen LogP contribution is -2.47. The van der Waals surface area contributed by atoms with Gasteiger partial charge in [-0.15, -0.1) is 0 Å². The number of nitrogens with two attached hydrogens (primary N) is 2. The molecule has 3 aromatic rings. The quantitative estimate of drug-likeness (QED) is 0.0238. The lowest BCUT2D eigenvalue weighted by atomic mass is 10.1. The average Bonchev–Trinajstić information content (AvgIpc) is 3.28. The summed E-state index contributed by atoms with van der Waals surface area (Å²) in [5, 5.41) is 27.4. The van der Waals surface area contributed by atoms with Crippen molar-refractivity contribution < 1.29 is 53.1 Å². The molecule has 2 heterocycles. The molecule has 67 heavy (non-hydrogen) atoms. The van der Waals surface area contributed by atoms with Gasteiger partial charge in [-0.05, 0) is 37.4 Å². The van der Waals surface area contributed by atoms with E-state index in [1.54, 1.807) is 13.1 Å². The monoisotopic (exact) mass is 960 g/mol. The second-order valence-corrected chi connectivity index (χ2v) is 15.7. The highest BCUT2D eigenvalue weighted by Gasteiger charge is 2.19. The number of nitrogens with zero attached hydrogens (tertiary/aromatic N) is 7. The van der Waals surface area contributed by atoms with Gasteiger partial charge in [-0.3, -0.25) is 29.1 Å². The highest BCUT2D eigenvalue weighted by Crippen LogP contribution is 2.31. The van der Waals surface area contributed by atoms with Crippen LogP contribution in [0.25, 0.3) is 22.2 Å². The van der Waals surface area contributed by atoms with Gasteiger partial charge in [-0.1, -0.05) is 23.7 Å². The number of aliphatic imine (C=N–C) groups is 1. The number of rotatable bonds is 33. The molecule has 3 amide bonds. The molecule has 2 aromatic carbocycles. The first-order chi connectivity index (χ1) is 32.4. The Balaban J connectivity index is 0.915. The van der Waals surface area contributed by atoms with Crippen LogP contribution in [0.5, 0.6) is 0 Å². The molecule has 9 N–H and O–H groups in total. The normalized spacial score (nSPS) is 13.0. The lowest BCUT2D eigenvalue weighted by Gasteiger charge is -2.36. The minimum Gasteiger partial charge on any atom is -0.480 e. The smallest absolute Gasteiger partial charge is 0.317 e. The van der Waals surface area contributed by atoms with Gasteiger partial charge in [-0.2, -0.15) is 4.99 Å². The number of fused-ring (bicyclic) bond motifs is 1. The van der Waals surface area contributed by atoms with Crippen LogP contribution in [0.4, 0.5) is 16.4 Å². The molecule has 23 nitrogen and oxygen atoms in total. The fourth-order valence-corrected chi connectivity index (χ4v) is 6.85. The van der Waals surface area contributed by atoms with E-state index in [-0.39, 0.29) is 76.4 Å². The van der Waals surface area contributed by atoms with Crippen LogP contribution in [-0.2, 0) is 38.1 Å². The molecule has 0 spiro atoms. The molecule has 0 radical (unpaired) electrons. The average molecular weight is 962 g/mol. The molecule has 0 atom stereocenters. The van der Waals surface area contributed by atoms with Crippen molar-refractivity contribution in [3.8, 4) is 11.3 Å². The van der Waals surface area contributed by atoms with Gasteiger partial charge in [-0.25, -0.2) is 14.8 Å². The number of carbonyl (C=O) groups excluding carboxylic acids is 2. The Morgan fingerprint density at radius 2 is 1.28 bits per heavy atom. The second kappa shape index (κ2) is 30.7. The summed E-state index contributed by atoms with van der Waals surface area (Å²) in [6.45, 7) is 8.99. The summed E-state index contributed by atoms with van der Waals surface area (Å²) < 4.78 is 27.8. The Morgan fingerprint density at radius 3 is 1.87 bits per heavy atom. The Hall–Kier alpha value is -5.50. The fraction of sp³-hybridized carbons (Fsp3) is 0.558. The number of carboxylic acids is 2. The van der Waals surface area contributed by atoms with Crippen molar-refractivity contribution in [3.63, 3.8) is 0 Å². The van der Waals surface area contributed by atoms with Gasteiger partial charge < -0.3 is 66.2 Å². The maximum atomic E-state index is 12.2. The van der Waals surface area contributed by atoms with Gasteiger partial charge in [0.15, 0.2) is 5.96 Å². The number of urea groups is 1. The number of carboxylic acid groups (broad SMARTS) is 2. The van der Waals surface area contributed by atoms with E-state index in [0.29, 0.717) is 82.1 Å². The van der Waals surface area contributed by atoms with E-state index in [0.717, 1.165) is 49.4 Å². The molecule has 1 saturated heterocycles. The summed E-state index contributed by atoms with van der Waals surface area (Å²) in [4.78, 5) is 67.0. The predicted molar refractivity (Wildman–Crippen MR) is 252 cm³/mol. The summed E-state index contributed by atoms with van der Waals surface area (Å²) >= 11 is 6.30. The third-order valence-corrected chi connectivity index (χ3v) is 10.2. The maximum absolute atomic E-state index is 12.2. The van der Waals surface area contributed by atoms with Crippen molar-refractivity contribution in [2.24, 2.45) is 16.5 Å². The number of aliphatic carboxylic acids is 2. The second-order valence-electron chi connectivity index (χ2n) is 15.3. The molecule has 0 aliphatic carbocycles. The van der Waals surface area contributed by atoms with Crippen LogP contribution in [0, 0.1) is 0 Å². The number of guanidine groups is 1. The first-order valence-electron chi connectivity index (χ1n) is 22.0. The standard InChI is InChI=1S/C43H65ClN12O11/c1-53(30-38(58)59)11-12-55(31-39(60)61)29-37(57)47-8-18-63-22-23-64-19-9-48-43(62)49-10-20-65-24-26-67-27-25-66-21-17-54-13-15-56(16-14-54)34-5-2-32(3-6-34)40-35-28-33(44)4-7-36(35)50-42(51-40)52-41(45)46/h2-7,28H,8-27,29-31H2,1H3,(H,47,57)(H,58,59)(H,60,61)(H2,48,49,62)(H4,45,46,50,51,52). The molecule has 1 aliphatic rings. The zero-order valence-electron chi connectivity index (χ0n) is 38.0. The Bertz CT molecular complexity index is 2010. The number of hydrogen-bond donors (Lipinski definition) is 7. The molecular weight excluding hydrogens is 896 g/mol. The molecule has 1 aromatic heterocycles. The molecule has 0 unspecified atom stereocenters. The highest BCUT2D eigenvalue weighted by atomic mass is 35.5. The summed E-state index contributed by atoms with van der Waals surface area (Å²) in [5.74, 6) is -2.38. The predicted octanol–water partition coefficient (Wildman–Crippen LogP) is -0.121. The lowest BCUT2D eigenvalue weighted by molar-refractivity contribution is -0.140. The number of nitrogens with one attached hydrogen (secondary N) is 3. The van der Waals surface area contributed by atoms with Crippen LogP contribution in [0.3, 0.4) is 0 Å². The van der Waals surface area contributed by atoms with Crippen molar-refractivity contribution in [1.29, 1.82) is 0 Å². The molecule has 0 saturated carbocycles. The van der Waals surface area contributed by atoms with Crippen molar-refractivity contribution in [1.82, 2.24) is 40.6 Å². The van der Waals surface area contributed by atoms with E-state index in [1.165, 1.54) is 9.80 Å². The fourth-order valence-electron chi connectivity index (χ4n) is 6.68. The minimum atomic E-state index is -1.09. The largest absolute Gasteiger partial charge is 0.480 e. The van der Waals surface area contributed by atoms with Crippen molar-refractivity contribution in [3.05, 3.63) is 47.5 Å². The SMILES string of the molecule is CN(CCN(CC(=O)O)CC(=O)NCCOCCOCCNC(=O)NCCOCCOCCOCCN1CCN(c2ccc(-c3nc(N=C(N)N)nc4ccc(Cl)cc34)cc2)CC1)CC(=O)O. The van der Waals surface area contributed by atoms with Gasteiger partial charge in [0.05, 0.1) is 96.9 Å². The van der Waals surface area contributed by atoms with Gasteiger partial charge in [0, 0.05) is 87.1 Å². The number of amides is 3. The molecular formula is C43H65ClN12O11. The van der Waals surface area contributed by atoms with Gasteiger partial charge in [0.2, 0.25) is 5.91 Å². The zero-order valence-corrected chi connectivity index (χ0v) is 38.8. The molecule has 24 heteroatoms. The van der Waals surface area contributed by atoms with E-state index in [9.17, 15) is 19.2 Å². The van der Waals surface area contributed by atoms with E-state index >= 15 is 0 Å². The number of aromatic nitrogens is 2. The van der Waals surface area contributed by atoms with Crippen molar-refractivity contribution in [2.75, 3.05) is 163 Å². The summed E-state index contributed by atoms with van der Waals surface area (Å²) in [6.07, 6.45) is 0. The molecule has 0 bridgehead atoms. The van der Waals surface area contributed by atoms with Crippen LogP contribution < -0.4 is 32.3 Å². The summed E-state index contributed by atoms with van der Waals surface area (Å²) in [5.41, 5.74) is 14.6. The molecule has 1 fully saturated rings. The third kappa shape index (κ3) is 22.2. The maximum Gasteiger partial charge on any atom is 0.317 e. The zero-order chi connectivity index (χ0) is 48.2. The number of hydrogen-bond acceptors (Lipinski definition) is 16. The topological polar surface area (TPSA) is 294 Å². The van der Waals surface area contributed by atoms with E-state index in [1.807, 2.05) is 24.3 Å². The van der Waals surface area contributed by atoms with Crippen LogP contribution >= 0.6 is 11.6 Å². The van der Waals surface area contributed by atoms with Crippen LogP contribution in [0.1, 0.15) is 0 Å². The first kappa shape index (κ1) is 54.1. The first-order valence-corrected chi connectivity index (χ1v) is 22.4. The minimum absolute atomic E-state index is 0.116. The number of ether oxygens (including phenoxy) is 5. The number of halogens is 1. The van der Waals surface area contributed by atoms with Crippen LogP contribution in [0.2, 0.25) is 5.02 Å². The van der Waals surface area contributed by atoms with Gasteiger partial charge in [0.25, 0.3) is 5.95 Å². The Labute approximate surface area is 395 Å². The number of benzene rings is 2. The molecule has 4 rings (SSSR count). The third-order valence-electron chi connectivity index (χ3n) is 9.98. The highest BCUT2D eigenvalue weighted by molar-refractivity contribution is 6.31. The van der Waals surface area contributed by atoms with Crippen molar-refractivity contribution >= 4 is 64.0 Å². The number of likely N-dealkylation sites (N-methyl/N-ethyl adjacent to an activating group) is 1. The van der Waals surface area contributed by atoms with Gasteiger partial charge >= 0.3 is 18.0 Å². The van der Waals surface area contributed by atoms with Gasteiger partial charge in [0.1, 0.15) is 0 Å². The molecule has 1 aliphatic heterocycles. The van der Waals surface area contributed by atoms with Crippen LogP contribution in [-0.4, -0.2) is 223 Å². The van der Waals surface area contributed by atoms with Crippen LogP contribution in [0.15, 0.2) is 47.5 Å². The number of anilines is 1. The van der Waals surface area contributed by atoms with Crippen molar-refractivity contribution in [2.45, 2.75) is 0 Å².